The molecule has 0 unspecified atom stereocenters. The van der Waals surface area contributed by atoms with E-state index in [2.05, 4.69) is 6.92 Å². The number of aliphatic carboxylic acids is 1. The molecule has 158 valence electrons. The largest absolute Gasteiger partial charge is 0.490 e. The van der Waals surface area contributed by atoms with E-state index in [0.29, 0.717) is 23.9 Å². The van der Waals surface area contributed by atoms with Crippen molar-refractivity contribution in [2.24, 2.45) is 0 Å². The van der Waals surface area contributed by atoms with Crippen molar-refractivity contribution in [3.05, 3.63) is 24.3 Å². The summed E-state index contributed by atoms with van der Waals surface area (Å²) >= 11 is 1.31. The lowest BCUT2D eigenvalue weighted by molar-refractivity contribution is -0.136. The van der Waals surface area contributed by atoms with Crippen molar-refractivity contribution in [1.29, 1.82) is 0 Å². The number of carboxylic acids is 1. The molecule has 0 heterocycles. The lowest BCUT2D eigenvalue weighted by Gasteiger charge is -2.12. The lowest BCUT2D eigenvalue weighted by atomic mass is 10.1. The first kappa shape index (κ1) is 24.3. The number of unbranched alkanes of at least 4 members (excludes halogenated alkanes) is 7. The average Bonchev–Trinajstić information content (AvgIpc) is 2.69. The van der Waals surface area contributed by atoms with Gasteiger partial charge < -0.3 is 14.6 Å². The molecule has 0 aliphatic rings. The van der Waals surface area contributed by atoms with Gasteiger partial charge in [-0.3, -0.25) is 9.59 Å². The van der Waals surface area contributed by atoms with Crippen LogP contribution in [0.25, 0.3) is 0 Å². The van der Waals surface area contributed by atoms with Crippen molar-refractivity contribution in [3.63, 3.8) is 0 Å². The number of carboxylic acid groups (broad SMARTS) is 1. The zero-order valence-corrected chi connectivity index (χ0v) is 17.8. The standard InChI is InChI=1S/C22H34O5S/c1-2-3-4-5-6-7-8-11-15-26-20-12-9-10-13-21(20)27-17-19(23)18-28-16-14-22(24)25/h9-10,12-13H,2-8,11,14-18H2,1H3,(H,24,25). The third kappa shape index (κ3) is 12.7. The van der Waals surface area contributed by atoms with E-state index >= 15 is 0 Å². The molecule has 0 aromatic heterocycles. The molecule has 0 saturated carbocycles. The second kappa shape index (κ2) is 16.3. The molecule has 0 amide bonds. The van der Waals surface area contributed by atoms with Crippen LogP contribution in [0.1, 0.15) is 64.7 Å². The SMILES string of the molecule is CCCCCCCCCCOc1ccccc1OCC(=O)CSCCC(=O)O. The molecule has 0 fully saturated rings. The van der Waals surface area contributed by atoms with Crippen molar-refractivity contribution in [2.45, 2.75) is 64.7 Å². The molecule has 0 saturated heterocycles. The van der Waals surface area contributed by atoms with Crippen LogP contribution in [0.4, 0.5) is 0 Å². The second-order valence-corrected chi connectivity index (χ2v) is 7.90. The second-order valence-electron chi connectivity index (χ2n) is 6.79. The normalized spacial score (nSPS) is 10.6. The third-order valence-electron chi connectivity index (χ3n) is 4.22. The van der Waals surface area contributed by atoms with Gasteiger partial charge in [0.05, 0.1) is 18.8 Å². The molecule has 1 rings (SSSR count). The van der Waals surface area contributed by atoms with E-state index in [-0.39, 0.29) is 24.6 Å². The maximum Gasteiger partial charge on any atom is 0.304 e. The minimum atomic E-state index is -0.848. The Labute approximate surface area is 173 Å². The molecule has 1 aromatic rings. The molecule has 0 radical (unpaired) electrons. The van der Waals surface area contributed by atoms with Gasteiger partial charge in [-0.2, -0.15) is 11.8 Å². The predicted molar refractivity (Wildman–Crippen MR) is 115 cm³/mol. The van der Waals surface area contributed by atoms with Gasteiger partial charge in [0.25, 0.3) is 0 Å². The first-order valence-electron chi connectivity index (χ1n) is 10.3. The number of carbonyl (C=O) groups is 2. The van der Waals surface area contributed by atoms with Gasteiger partial charge in [0.1, 0.15) is 6.61 Å². The highest BCUT2D eigenvalue weighted by Gasteiger charge is 2.08. The molecular formula is C22H34O5S. The number of rotatable bonds is 18. The number of hydrogen-bond acceptors (Lipinski definition) is 5. The van der Waals surface area contributed by atoms with E-state index in [1.165, 1.54) is 56.7 Å². The van der Waals surface area contributed by atoms with Gasteiger partial charge in [0.15, 0.2) is 17.3 Å². The van der Waals surface area contributed by atoms with Crippen molar-refractivity contribution in [3.8, 4) is 11.5 Å². The highest BCUT2D eigenvalue weighted by atomic mass is 32.2. The van der Waals surface area contributed by atoms with Crippen molar-refractivity contribution in [1.82, 2.24) is 0 Å². The fraction of sp³-hybridized carbons (Fsp3) is 0.636. The van der Waals surface area contributed by atoms with Gasteiger partial charge in [-0.05, 0) is 18.6 Å². The van der Waals surface area contributed by atoms with E-state index in [1.54, 1.807) is 6.07 Å². The molecular weight excluding hydrogens is 376 g/mol. The number of para-hydroxylation sites is 2. The topological polar surface area (TPSA) is 72.8 Å². The lowest BCUT2D eigenvalue weighted by Crippen LogP contribution is -2.14. The quantitative estimate of drug-likeness (QED) is 0.328. The number of ether oxygens (including phenoxy) is 2. The number of benzene rings is 1. The summed E-state index contributed by atoms with van der Waals surface area (Å²) in [5.41, 5.74) is 0. The number of thioether (sulfide) groups is 1. The summed E-state index contributed by atoms with van der Waals surface area (Å²) in [6, 6.07) is 7.39. The minimum Gasteiger partial charge on any atom is -0.490 e. The van der Waals surface area contributed by atoms with Gasteiger partial charge in [-0.1, -0.05) is 64.0 Å². The summed E-state index contributed by atoms with van der Waals surface area (Å²) < 4.78 is 11.4. The zero-order chi connectivity index (χ0) is 20.5. The first-order valence-corrected chi connectivity index (χ1v) is 11.4. The summed E-state index contributed by atoms with van der Waals surface area (Å²) in [5, 5.41) is 8.59. The molecule has 0 aliphatic carbocycles. The number of hydrogen-bond donors (Lipinski definition) is 1. The molecule has 0 aliphatic heterocycles. The van der Waals surface area contributed by atoms with Crippen LogP contribution in [-0.4, -0.2) is 41.6 Å². The van der Waals surface area contributed by atoms with E-state index in [0.717, 1.165) is 6.42 Å². The maximum atomic E-state index is 11.9. The summed E-state index contributed by atoms with van der Waals surface area (Å²) in [4.78, 5) is 22.3. The van der Waals surface area contributed by atoms with Crippen molar-refractivity contribution >= 4 is 23.5 Å². The van der Waals surface area contributed by atoms with Gasteiger partial charge >= 0.3 is 5.97 Å². The minimum absolute atomic E-state index is 0.0296. The highest BCUT2D eigenvalue weighted by molar-refractivity contribution is 7.99. The molecule has 0 atom stereocenters. The molecule has 5 nitrogen and oxygen atoms in total. The Morgan fingerprint density at radius 3 is 2.18 bits per heavy atom. The Bertz CT molecular complexity index is 562. The van der Waals surface area contributed by atoms with Crippen LogP contribution < -0.4 is 9.47 Å². The smallest absolute Gasteiger partial charge is 0.304 e. The monoisotopic (exact) mass is 410 g/mol. The maximum absolute atomic E-state index is 11.9. The van der Waals surface area contributed by atoms with Gasteiger partial charge in [0.2, 0.25) is 0 Å². The number of Topliss-reactive ketones (excluding diaryl/α,β-unsaturated/α-hetero) is 1. The third-order valence-corrected chi connectivity index (χ3v) is 5.24. The van der Waals surface area contributed by atoms with Crippen LogP contribution in [0.3, 0.4) is 0 Å². The molecule has 0 spiro atoms. The molecule has 1 N–H and O–H groups in total. The van der Waals surface area contributed by atoms with Crippen LogP contribution in [0.2, 0.25) is 0 Å². The summed E-state index contributed by atoms with van der Waals surface area (Å²) in [6.07, 6.45) is 10.1. The van der Waals surface area contributed by atoms with E-state index in [4.69, 9.17) is 14.6 Å². The van der Waals surface area contributed by atoms with Crippen LogP contribution in [0, 0.1) is 0 Å². The average molecular weight is 411 g/mol. The van der Waals surface area contributed by atoms with Crippen molar-refractivity contribution < 1.29 is 24.2 Å². The Morgan fingerprint density at radius 1 is 0.929 bits per heavy atom. The van der Waals surface area contributed by atoms with Crippen LogP contribution in [0.5, 0.6) is 11.5 Å². The Morgan fingerprint density at radius 2 is 1.54 bits per heavy atom. The Balaban J connectivity index is 2.19. The van der Waals surface area contributed by atoms with E-state index < -0.39 is 5.97 Å². The first-order chi connectivity index (χ1) is 13.6. The highest BCUT2D eigenvalue weighted by Crippen LogP contribution is 2.26. The van der Waals surface area contributed by atoms with Crippen molar-refractivity contribution in [2.75, 3.05) is 24.7 Å². The Hall–Kier alpha value is -1.69. The van der Waals surface area contributed by atoms with Gasteiger partial charge in [-0.25, -0.2) is 0 Å². The fourth-order valence-corrected chi connectivity index (χ4v) is 3.43. The van der Waals surface area contributed by atoms with E-state index in [9.17, 15) is 9.59 Å². The van der Waals surface area contributed by atoms with Crippen LogP contribution in [0.15, 0.2) is 24.3 Å². The molecule has 1 aromatic carbocycles. The summed E-state index contributed by atoms with van der Waals surface area (Å²) in [7, 11) is 0. The predicted octanol–water partition coefficient (Wildman–Crippen LogP) is 5.36. The Kier molecular flexibility index (Phi) is 14.2. The molecule has 28 heavy (non-hydrogen) atoms. The summed E-state index contributed by atoms with van der Waals surface area (Å²) in [6.45, 7) is 2.85. The van der Waals surface area contributed by atoms with Crippen LogP contribution >= 0.6 is 11.8 Å². The molecule has 0 bridgehead atoms. The van der Waals surface area contributed by atoms with Crippen LogP contribution in [-0.2, 0) is 9.59 Å². The van der Waals surface area contributed by atoms with Gasteiger partial charge in [0, 0.05) is 5.75 Å². The fourth-order valence-electron chi connectivity index (χ4n) is 2.65. The number of carbonyl (C=O) groups excluding carboxylic acids is 1. The summed E-state index contributed by atoms with van der Waals surface area (Å²) in [5.74, 6) is 1.02. The van der Waals surface area contributed by atoms with Gasteiger partial charge in [-0.15, -0.1) is 0 Å². The zero-order valence-electron chi connectivity index (χ0n) is 17.0. The number of ketones is 1. The van der Waals surface area contributed by atoms with E-state index in [1.807, 2.05) is 18.2 Å². The molecule has 6 heteroatoms.